The van der Waals surface area contributed by atoms with Gasteiger partial charge in [-0.2, -0.15) is 0 Å². The summed E-state index contributed by atoms with van der Waals surface area (Å²) in [5.74, 6) is 0.480. The first kappa shape index (κ1) is 19.8. The smallest absolute Gasteiger partial charge is 0.278 e. The molecule has 0 unspecified atom stereocenters. The molecule has 1 aromatic heterocycles. The third-order valence-corrected chi connectivity index (χ3v) is 5.65. The number of aromatic nitrogens is 1. The van der Waals surface area contributed by atoms with Crippen molar-refractivity contribution in [3.05, 3.63) is 88.9 Å². The number of hydrogen-bond donors (Lipinski definition) is 1. The highest BCUT2D eigenvalue weighted by atomic mass is 16.7. The van der Waals surface area contributed by atoms with Crippen molar-refractivity contribution in [3.63, 3.8) is 0 Å². The number of carbonyl (C=O) groups excluding carboxylic acids is 2. The molecule has 0 atom stereocenters. The number of ether oxygens (including phenoxy) is 2. The normalized spacial score (nSPS) is 15.0. The summed E-state index contributed by atoms with van der Waals surface area (Å²) in [6.45, 7) is 4.25. The van der Waals surface area contributed by atoms with Crippen molar-refractivity contribution in [1.29, 1.82) is 0 Å². The minimum absolute atomic E-state index is 0.0964. The van der Waals surface area contributed by atoms with Crippen LogP contribution in [0, 0.1) is 13.8 Å². The van der Waals surface area contributed by atoms with E-state index in [1.54, 1.807) is 36.5 Å². The van der Waals surface area contributed by atoms with Crippen LogP contribution < -0.4 is 14.8 Å². The van der Waals surface area contributed by atoms with E-state index in [2.05, 4.69) is 10.3 Å². The van der Waals surface area contributed by atoms with E-state index in [1.807, 2.05) is 38.1 Å². The topological polar surface area (TPSA) is 80.8 Å². The van der Waals surface area contributed by atoms with Gasteiger partial charge < -0.3 is 14.8 Å². The molecule has 5 rings (SSSR count). The van der Waals surface area contributed by atoms with E-state index in [0.717, 1.165) is 11.1 Å². The zero-order chi connectivity index (χ0) is 22.2. The molecular formula is C25H21N3O4. The van der Waals surface area contributed by atoms with Crippen LogP contribution in [0.25, 0.3) is 5.57 Å². The van der Waals surface area contributed by atoms with Gasteiger partial charge in [-0.15, -0.1) is 0 Å². The van der Waals surface area contributed by atoms with E-state index in [4.69, 9.17) is 9.47 Å². The number of carbonyl (C=O) groups is 2. The van der Waals surface area contributed by atoms with Gasteiger partial charge in [-0.3, -0.25) is 19.5 Å². The molecule has 2 aliphatic heterocycles. The second-order valence-electron chi connectivity index (χ2n) is 7.76. The number of benzene rings is 2. The van der Waals surface area contributed by atoms with Gasteiger partial charge in [0, 0.05) is 18.0 Å². The van der Waals surface area contributed by atoms with Crippen LogP contribution in [-0.2, 0) is 16.1 Å². The van der Waals surface area contributed by atoms with Gasteiger partial charge in [0.2, 0.25) is 6.79 Å². The number of aryl methyl sites for hydroxylation is 2. The Morgan fingerprint density at radius 1 is 0.938 bits per heavy atom. The fraction of sp³-hybridized carbons (Fsp3) is 0.160. The van der Waals surface area contributed by atoms with Crippen molar-refractivity contribution in [2.75, 3.05) is 12.1 Å². The van der Waals surface area contributed by atoms with E-state index in [-0.39, 0.29) is 24.9 Å². The zero-order valence-corrected chi connectivity index (χ0v) is 17.7. The van der Waals surface area contributed by atoms with Crippen LogP contribution in [0.2, 0.25) is 0 Å². The largest absolute Gasteiger partial charge is 0.454 e. The monoisotopic (exact) mass is 427 g/mol. The van der Waals surface area contributed by atoms with Gasteiger partial charge in [0.15, 0.2) is 11.5 Å². The molecule has 7 heteroatoms. The number of pyridine rings is 1. The predicted octanol–water partition coefficient (Wildman–Crippen LogP) is 3.82. The van der Waals surface area contributed by atoms with E-state index in [9.17, 15) is 9.59 Å². The minimum atomic E-state index is -0.397. The standard InChI is InChI=1S/C25H21N3O4/c1-15-6-7-17(11-16(15)2)22-23(27-18-8-9-20-21(12-18)32-14-31-20)25(30)28(24(22)29)13-19-5-3-4-10-26-19/h3-12,27H,13-14H2,1-2H3. The highest BCUT2D eigenvalue weighted by Crippen LogP contribution is 2.37. The van der Waals surface area contributed by atoms with E-state index >= 15 is 0 Å². The van der Waals surface area contributed by atoms with Gasteiger partial charge in [0.05, 0.1) is 17.8 Å². The summed E-state index contributed by atoms with van der Waals surface area (Å²) >= 11 is 0. The fourth-order valence-electron chi connectivity index (χ4n) is 3.77. The molecule has 2 aliphatic rings. The van der Waals surface area contributed by atoms with Crippen LogP contribution >= 0.6 is 0 Å². The van der Waals surface area contributed by atoms with Gasteiger partial charge in [-0.05, 0) is 54.8 Å². The summed E-state index contributed by atoms with van der Waals surface area (Å²) in [6, 6.07) is 16.5. The van der Waals surface area contributed by atoms with E-state index in [1.165, 1.54) is 4.90 Å². The van der Waals surface area contributed by atoms with Crippen LogP contribution in [-0.4, -0.2) is 28.5 Å². The Bertz CT molecular complexity index is 1270. The molecule has 0 fully saturated rings. The molecule has 7 nitrogen and oxygen atoms in total. The quantitative estimate of drug-likeness (QED) is 0.624. The lowest BCUT2D eigenvalue weighted by Crippen LogP contribution is -2.32. The maximum absolute atomic E-state index is 13.4. The molecule has 1 N–H and O–H groups in total. The second-order valence-corrected chi connectivity index (χ2v) is 7.76. The van der Waals surface area contributed by atoms with E-state index < -0.39 is 5.91 Å². The molecule has 0 radical (unpaired) electrons. The van der Waals surface area contributed by atoms with Crippen molar-refractivity contribution in [2.45, 2.75) is 20.4 Å². The van der Waals surface area contributed by atoms with Gasteiger partial charge in [-0.1, -0.05) is 24.3 Å². The third-order valence-electron chi connectivity index (χ3n) is 5.65. The number of nitrogens with zero attached hydrogens (tertiary/aromatic N) is 2. The molecule has 3 heterocycles. The number of hydrogen-bond acceptors (Lipinski definition) is 6. The fourth-order valence-corrected chi connectivity index (χ4v) is 3.77. The lowest BCUT2D eigenvalue weighted by Gasteiger charge is -2.15. The Labute approximate surface area is 185 Å². The van der Waals surface area contributed by atoms with Gasteiger partial charge in [-0.25, -0.2) is 0 Å². The van der Waals surface area contributed by atoms with Crippen molar-refractivity contribution < 1.29 is 19.1 Å². The molecule has 3 aromatic rings. The Morgan fingerprint density at radius 2 is 1.78 bits per heavy atom. The van der Waals surface area contributed by atoms with Crippen molar-refractivity contribution >= 4 is 23.1 Å². The lowest BCUT2D eigenvalue weighted by atomic mass is 9.99. The highest BCUT2D eigenvalue weighted by Gasteiger charge is 2.39. The average Bonchev–Trinajstić information content (AvgIpc) is 3.35. The lowest BCUT2D eigenvalue weighted by molar-refractivity contribution is -0.137. The molecule has 0 aliphatic carbocycles. The maximum atomic E-state index is 13.4. The zero-order valence-electron chi connectivity index (χ0n) is 17.7. The van der Waals surface area contributed by atoms with Crippen LogP contribution in [0.1, 0.15) is 22.4 Å². The highest BCUT2D eigenvalue weighted by molar-refractivity contribution is 6.36. The molecular weight excluding hydrogens is 406 g/mol. The Morgan fingerprint density at radius 3 is 2.56 bits per heavy atom. The summed E-state index contributed by atoms with van der Waals surface area (Å²) in [5.41, 5.74) is 4.69. The summed E-state index contributed by atoms with van der Waals surface area (Å²) in [4.78, 5) is 32.3. The van der Waals surface area contributed by atoms with Crippen LogP contribution in [0.5, 0.6) is 11.5 Å². The Kier molecular flexibility index (Phi) is 4.86. The van der Waals surface area contributed by atoms with Crippen molar-refractivity contribution in [2.24, 2.45) is 0 Å². The molecule has 2 amide bonds. The van der Waals surface area contributed by atoms with Crippen LogP contribution in [0.4, 0.5) is 5.69 Å². The summed E-state index contributed by atoms with van der Waals surface area (Å²) in [6.07, 6.45) is 1.64. The van der Waals surface area contributed by atoms with Gasteiger partial charge in [0.25, 0.3) is 11.8 Å². The first-order chi connectivity index (χ1) is 15.5. The number of fused-ring (bicyclic) bond motifs is 1. The first-order valence-corrected chi connectivity index (χ1v) is 10.3. The number of imide groups is 1. The Balaban J connectivity index is 1.55. The minimum Gasteiger partial charge on any atom is -0.454 e. The predicted molar refractivity (Wildman–Crippen MR) is 119 cm³/mol. The number of rotatable bonds is 5. The van der Waals surface area contributed by atoms with Crippen LogP contribution in [0.3, 0.4) is 0 Å². The molecule has 0 spiro atoms. The second kappa shape index (κ2) is 7.85. The number of amides is 2. The van der Waals surface area contributed by atoms with Crippen molar-refractivity contribution in [1.82, 2.24) is 9.88 Å². The third kappa shape index (κ3) is 3.47. The summed E-state index contributed by atoms with van der Waals surface area (Å²) in [7, 11) is 0. The van der Waals surface area contributed by atoms with Gasteiger partial charge in [0.1, 0.15) is 5.70 Å². The van der Waals surface area contributed by atoms with Crippen molar-refractivity contribution in [3.8, 4) is 11.5 Å². The summed E-state index contributed by atoms with van der Waals surface area (Å²) < 4.78 is 10.8. The summed E-state index contributed by atoms with van der Waals surface area (Å²) in [5, 5.41) is 3.16. The molecule has 160 valence electrons. The SMILES string of the molecule is Cc1ccc(C2=C(Nc3ccc4c(c3)OCO4)C(=O)N(Cc3ccccn3)C2=O)cc1C. The Hall–Kier alpha value is -4.13. The first-order valence-electron chi connectivity index (χ1n) is 10.3. The molecule has 0 saturated carbocycles. The molecule has 0 bridgehead atoms. The van der Waals surface area contributed by atoms with E-state index in [0.29, 0.717) is 34.0 Å². The number of anilines is 1. The van der Waals surface area contributed by atoms with Gasteiger partial charge >= 0.3 is 0 Å². The average molecular weight is 427 g/mol. The molecule has 32 heavy (non-hydrogen) atoms. The maximum Gasteiger partial charge on any atom is 0.278 e. The van der Waals surface area contributed by atoms with Crippen LogP contribution in [0.15, 0.2) is 66.5 Å². The molecule has 0 saturated heterocycles. The molecule has 2 aromatic carbocycles. The number of nitrogens with one attached hydrogen (secondary N) is 1.